The van der Waals surface area contributed by atoms with Gasteiger partial charge < -0.3 is 0 Å². The third kappa shape index (κ3) is 1.94. The zero-order valence-electron chi connectivity index (χ0n) is 10.9. The van der Waals surface area contributed by atoms with Crippen molar-refractivity contribution in [2.45, 2.75) is 10.00 Å². The number of hydrogen-bond acceptors (Lipinski definition) is 3. The van der Waals surface area contributed by atoms with Crippen LogP contribution in [0.3, 0.4) is 0 Å². The van der Waals surface area contributed by atoms with Gasteiger partial charge in [-0.2, -0.15) is 4.99 Å². The predicted molar refractivity (Wildman–Crippen MR) is 95.8 cm³/mol. The van der Waals surface area contributed by atoms with Crippen molar-refractivity contribution in [3.63, 3.8) is 0 Å². The van der Waals surface area contributed by atoms with Crippen LogP contribution in [0.25, 0.3) is 10.8 Å². The quantitative estimate of drug-likeness (QED) is 0.311. The van der Waals surface area contributed by atoms with Crippen molar-refractivity contribution in [1.82, 2.24) is 0 Å². The average Bonchev–Trinajstić information content (AvgIpc) is 3.23. The molecule has 102 valence electrons. The summed E-state index contributed by atoms with van der Waals surface area (Å²) in [6, 6.07) is 10.3. The number of benzene rings is 2. The van der Waals surface area contributed by atoms with E-state index in [4.69, 9.17) is 0 Å². The second-order valence-electron chi connectivity index (χ2n) is 5.07. The number of fused-ring (bicyclic) bond motifs is 2. The van der Waals surface area contributed by atoms with Crippen LogP contribution in [0.1, 0.15) is 5.56 Å². The van der Waals surface area contributed by atoms with Crippen molar-refractivity contribution in [3.05, 3.63) is 63.8 Å². The van der Waals surface area contributed by atoms with Gasteiger partial charge in [-0.3, -0.25) is 0 Å². The number of nitrogens with zero attached hydrogens (tertiary/aromatic N) is 1. The molecule has 0 saturated carbocycles. The molecule has 2 unspecified atom stereocenters. The molecule has 0 N–H and O–H groups in total. The third-order valence-electron chi connectivity index (χ3n) is 3.98. The van der Waals surface area contributed by atoms with Crippen LogP contribution >= 0.6 is 34.4 Å². The molecule has 0 spiro atoms. The van der Waals surface area contributed by atoms with Crippen LogP contribution < -0.4 is 0 Å². The summed E-state index contributed by atoms with van der Waals surface area (Å²) < 4.78 is 1.16. The van der Waals surface area contributed by atoms with E-state index in [1.54, 1.807) is 6.08 Å². The highest BCUT2D eigenvalue weighted by Gasteiger charge is 2.54. The number of thioether (sulfide) groups is 1. The van der Waals surface area contributed by atoms with Crippen molar-refractivity contribution in [3.8, 4) is 0 Å². The van der Waals surface area contributed by atoms with Gasteiger partial charge in [-0.25, -0.2) is 4.79 Å². The van der Waals surface area contributed by atoms with Gasteiger partial charge in [0, 0.05) is 14.2 Å². The lowest BCUT2D eigenvalue weighted by Gasteiger charge is -2.16. The minimum Gasteiger partial charge on any atom is -0.211 e. The molecule has 0 amide bonds. The summed E-state index contributed by atoms with van der Waals surface area (Å²) in [6.07, 6.45) is 10.4. The molecule has 0 aromatic heterocycles. The first-order valence-corrected chi connectivity index (χ1v) is 8.55. The molecule has 1 heterocycles. The Kier molecular flexibility index (Phi) is 3.06. The maximum atomic E-state index is 10.7. The van der Waals surface area contributed by atoms with E-state index < -0.39 is 0 Å². The second-order valence-corrected chi connectivity index (χ2v) is 7.65. The van der Waals surface area contributed by atoms with Crippen LogP contribution in [0.15, 0.2) is 59.6 Å². The SMILES string of the molecule is O=C=Nc1ccc(C23C=CC=CC2S3)c2cccc(I)c12. The zero-order valence-corrected chi connectivity index (χ0v) is 13.9. The van der Waals surface area contributed by atoms with Gasteiger partial charge >= 0.3 is 0 Å². The van der Waals surface area contributed by atoms with Crippen LogP contribution in [0, 0.1) is 3.57 Å². The minimum atomic E-state index is 0.0564. The molecule has 1 fully saturated rings. The molecule has 2 aromatic carbocycles. The molecule has 2 atom stereocenters. The highest BCUT2D eigenvalue weighted by molar-refractivity contribution is 14.1. The largest absolute Gasteiger partial charge is 0.240 e. The number of halogens is 1. The molecule has 1 aliphatic carbocycles. The zero-order chi connectivity index (χ0) is 14.4. The predicted octanol–water partition coefficient (Wildman–Crippen LogP) is 4.85. The first kappa shape index (κ1) is 13.3. The lowest BCUT2D eigenvalue weighted by molar-refractivity contribution is 0.565. The van der Waals surface area contributed by atoms with Gasteiger partial charge in [-0.1, -0.05) is 42.5 Å². The van der Waals surface area contributed by atoms with Crippen molar-refractivity contribution >= 4 is 56.9 Å². The van der Waals surface area contributed by atoms with Crippen molar-refractivity contribution in [2.24, 2.45) is 4.99 Å². The van der Waals surface area contributed by atoms with Gasteiger partial charge in [-0.05, 0) is 45.7 Å². The fourth-order valence-corrected chi connectivity index (χ4v) is 5.03. The van der Waals surface area contributed by atoms with E-state index >= 15 is 0 Å². The summed E-state index contributed by atoms with van der Waals surface area (Å²) in [6.45, 7) is 0. The molecule has 2 aliphatic rings. The molecule has 4 heteroatoms. The van der Waals surface area contributed by atoms with Crippen LogP contribution in [0.2, 0.25) is 0 Å². The number of allylic oxidation sites excluding steroid dienone is 2. The Labute approximate surface area is 140 Å². The van der Waals surface area contributed by atoms with Crippen molar-refractivity contribution < 1.29 is 4.79 Å². The summed E-state index contributed by atoms with van der Waals surface area (Å²) in [5, 5.41) is 2.74. The lowest BCUT2D eigenvalue weighted by atomic mass is 9.88. The van der Waals surface area contributed by atoms with E-state index in [-0.39, 0.29) is 4.75 Å². The van der Waals surface area contributed by atoms with E-state index in [9.17, 15) is 4.79 Å². The number of carbonyl (C=O) groups excluding carboxylic acids is 1. The Bertz CT molecular complexity index is 866. The lowest BCUT2D eigenvalue weighted by Crippen LogP contribution is -2.10. The highest BCUT2D eigenvalue weighted by Crippen LogP contribution is 2.65. The summed E-state index contributed by atoms with van der Waals surface area (Å²) in [7, 11) is 0. The molecular weight excluding hydrogens is 393 g/mol. The normalized spacial score (nSPS) is 25.5. The first-order valence-electron chi connectivity index (χ1n) is 6.60. The molecule has 2 aromatic rings. The molecule has 2 nitrogen and oxygen atoms in total. The van der Waals surface area contributed by atoms with E-state index in [1.165, 1.54) is 10.9 Å². The van der Waals surface area contributed by atoms with Gasteiger partial charge in [0.15, 0.2) is 0 Å². The van der Waals surface area contributed by atoms with Crippen LogP contribution in [-0.2, 0) is 9.54 Å². The number of hydrogen-bond donors (Lipinski definition) is 0. The van der Waals surface area contributed by atoms with Gasteiger partial charge in [0.2, 0.25) is 6.08 Å². The Hall–Kier alpha value is -1.36. The summed E-state index contributed by atoms with van der Waals surface area (Å²) in [5.41, 5.74) is 2.00. The maximum Gasteiger partial charge on any atom is 0.240 e. The van der Waals surface area contributed by atoms with Crippen LogP contribution in [-0.4, -0.2) is 11.3 Å². The van der Waals surface area contributed by atoms with Gasteiger partial charge in [-0.15, -0.1) is 11.8 Å². The average molecular weight is 403 g/mol. The molecule has 1 saturated heterocycles. The first-order chi connectivity index (χ1) is 10.3. The Morgan fingerprint density at radius 1 is 1.24 bits per heavy atom. The van der Waals surface area contributed by atoms with E-state index in [0.717, 1.165) is 8.96 Å². The van der Waals surface area contributed by atoms with E-state index in [2.05, 4.69) is 70.1 Å². The van der Waals surface area contributed by atoms with Gasteiger partial charge in [0.25, 0.3) is 0 Å². The van der Waals surface area contributed by atoms with E-state index in [1.807, 2.05) is 23.9 Å². The van der Waals surface area contributed by atoms with Crippen LogP contribution in [0.5, 0.6) is 0 Å². The number of isocyanates is 1. The molecular formula is C17H10INOS. The van der Waals surface area contributed by atoms with Crippen molar-refractivity contribution in [2.75, 3.05) is 0 Å². The Morgan fingerprint density at radius 3 is 2.95 bits per heavy atom. The van der Waals surface area contributed by atoms with Crippen LogP contribution in [0.4, 0.5) is 5.69 Å². The second kappa shape index (κ2) is 4.83. The van der Waals surface area contributed by atoms with Gasteiger partial charge in [0.1, 0.15) is 0 Å². The standard InChI is InChI=1S/C17H10INOS/c18-13-5-3-4-11-12(7-8-14(16(11)13)19-10-20)17-9-2-1-6-15(17)21-17/h1-9,15H. The topological polar surface area (TPSA) is 29.4 Å². The van der Waals surface area contributed by atoms with E-state index in [0.29, 0.717) is 10.9 Å². The third-order valence-corrected chi connectivity index (χ3v) is 6.41. The Morgan fingerprint density at radius 2 is 2.14 bits per heavy atom. The fraction of sp³-hybridized carbons (Fsp3) is 0.118. The molecule has 1 aliphatic heterocycles. The van der Waals surface area contributed by atoms with Crippen molar-refractivity contribution in [1.29, 1.82) is 0 Å². The Balaban J connectivity index is 2.03. The highest BCUT2D eigenvalue weighted by atomic mass is 127. The molecule has 0 radical (unpaired) electrons. The molecule has 21 heavy (non-hydrogen) atoms. The molecule has 4 rings (SSSR count). The van der Waals surface area contributed by atoms with Gasteiger partial charge in [0.05, 0.1) is 10.4 Å². The summed E-state index contributed by atoms with van der Waals surface area (Å²) >= 11 is 4.26. The monoisotopic (exact) mass is 403 g/mol. The fourth-order valence-electron chi connectivity index (χ4n) is 2.99. The minimum absolute atomic E-state index is 0.0564. The number of rotatable bonds is 2. The summed E-state index contributed by atoms with van der Waals surface area (Å²) in [4.78, 5) is 14.5. The maximum absolute atomic E-state index is 10.7. The smallest absolute Gasteiger partial charge is 0.211 e. The molecule has 0 bridgehead atoms. The number of aliphatic imine (C=N–C) groups is 1. The summed E-state index contributed by atoms with van der Waals surface area (Å²) in [5.74, 6) is 0.